The number of carbonyl (C=O) groups is 1. The van der Waals surface area contributed by atoms with E-state index < -0.39 is 5.82 Å². The molecule has 0 bridgehead atoms. The van der Waals surface area contributed by atoms with Crippen molar-refractivity contribution in [2.24, 2.45) is 0 Å². The van der Waals surface area contributed by atoms with E-state index in [2.05, 4.69) is 21.2 Å². The van der Waals surface area contributed by atoms with Crippen molar-refractivity contribution in [2.45, 2.75) is 19.9 Å². The Morgan fingerprint density at radius 1 is 1.25 bits per heavy atom. The first-order valence-electron chi connectivity index (χ1n) is 7.42. The van der Waals surface area contributed by atoms with Crippen molar-refractivity contribution >= 4 is 21.8 Å². The maximum atomic E-state index is 13.7. The lowest BCUT2D eigenvalue weighted by atomic mass is 10.0. The normalized spacial score (nSPS) is 11.7. The van der Waals surface area contributed by atoms with Gasteiger partial charge in [0.15, 0.2) is 18.2 Å². The van der Waals surface area contributed by atoms with Gasteiger partial charge in [0.05, 0.1) is 13.2 Å². The van der Waals surface area contributed by atoms with E-state index in [0.29, 0.717) is 10.2 Å². The molecule has 1 N–H and O–H groups in total. The number of rotatable bonds is 6. The first-order valence-corrected chi connectivity index (χ1v) is 8.21. The molecule has 2 aromatic carbocycles. The average molecular weight is 396 g/mol. The van der Waals surface area contributed by atoms with Gasteiger partial charge in [-0.3, -0.25) is 4.79 Å². The van der Waals surface area contributed by atoms with E-state index in [4.69, 9.17) is 9.47 Å². The van der Waals surface area contributed by atoms with Crippen LogP contribution >= 0.6 is 15.9 Å². The number of nitrogens with one attached hydrogen (secondary N) is 1. The molecule has 0 aromatic heterocycles. The summed E-state index contributed by atoms with van der Waals surface area (Å²) in [5.41, 5.74) is 1.95. The lowest BCUT2D eigenvalue weighted by Gasteiger charge is -2.18. The molecule has 1 atom stereocenters. The van der Waals surface area contributed by atoms with Crippen LogP contribution < -0.4 is 14.8 Å². The van der Waals surface area contributed by atoms with Crippen LogP contribution in [0.3, 0.4) is 0 Å². The highest BCUT2D eigenvalue weighted by atomic mass is 79.9. The number of hydrogen-bond acceptors (Lipinski definition) is 3. The van der Waals surface area contributed by atoms with Crippen LogP contribution in [-0.4, -0.2) is 19.6 Å². The Morgan fingerprint density at radius 2 is 1.96 bits per heavy atom. The molecule has 0 aliphatic rings. The standard InChI is InChI=1S/C18H19BrFNO3/c1-11-4-6-16(23-3)14(8-11)12(2)21-18(22)10-24-17-7-5-13(19)9-15(17)20/h4-9,12H,10H2,1-3H3,(H,21,22). The van der Waals surface area contributed by atoms with Crippen molar-refractivity contribution in [1.82, 2.24) is 5.32 Å². The number of methoxy groups -OCH3 is 1. The summed E-state index contributed by atoms with van der Waals surface area (Å²) in [4.78, 5) is 12.1. The first kappa shape index (κ1) is 18.3. The van der Waals surface area contributed by atoms with Crippen molar-refractivity contribution in [3.63, 3.8) is 0 Å². The van der Waals surface area contributed by atoms with Gasteiger partial charge in [0.25, 0.3) is 5.91 Å². The molecule has 24 heavy (non-hydrogen) atoms. The molecule has 0 fully saturated rings. The quantitative estimate of drug-likeness (QED) is 0.798. The molecule has 0 aliphatic carbocycles. The van der Waals surface area contributed by atoms with Crippen LogP contribution in [0, 0.1) is 12.7 Å². The van der Waals surface area contributed by atoms with Crippen molar-refractivity contribution in [2.75, 3.05) is 13.7 Å². The minimum absolute atomic E-state index is 0.0362. The Morgan fingerprint density at radius 3 is 2.62 bits per heavy atom. The molecular formula is C18H19BrFNO3. The second kappa shape index (κ2) is 8.15. The van der Waals surface area contributed by atoms with Crippen molar-refractivity contribution in [3.05, 3.63) is 57.8 Å². The van der Waals surface area contributed by atoms with Gasteiger partial charge in [0.1, 0.15) is 5.75 Å². The van der Waals surface area contributed by atoms with Crippen molar-refractivity contribution < 1.29 is 18.7 Å². The Labute approximate surface area is 149 Å². The monoisotopic (exact) mass is 395 g/mol. The van der Waals surface area contributed by atoms with Crippen LogP contribution in [0.4, 0.5) is 4.39 Å². The van der Waals surface area contributed by atoms with Crippen LogP contribution in [0.2, 0.25) is 0 Å². The summed E-state index contributed by atoms with van der Waals surface area (Å²) in [7, 11) is 1.59. The van der Waals surface area contributed by atoms with Crippen LogP contribution in [-0.2, 0) is 4.79 Å². The molecule has 2 aromatic rings. The molecule has 0 saturated carbocycles. The summed E-state index contributed by atoms with van der Waals surface area (Å²) < 4.78 is 24.8. The summed E-state index contributed by atoms with van der Waals surface area (Å²) in [5, 5.41) is 2.82. The molecule has 0 heterocycles. The number of benzene rings is 2. The van der Waals surface area contributed by atoms with Gasteiger partial charge in [0.2, 0.25) is 0 Å². The summed E-state index contributed by atoms with van der Waals surface area (Å²) in [6.45, 7) is 3.56. The van der Waals surface area contributed by atoms with Crippen LogP contribution in [0.25, 0.3) is 0 Å². The van der Waals surface area contributed by atoms with E-state index in [1.54, 1.807) is 13.2 Å². The van der Waals surface area contributed by atoms with Gasteiger partial charge in [-0.05, 0) is 38.1 Å². The second-order valence-corrected chi connectivity index (χ2v) is 6.31. The van der Waals surface area contributed by atoms with Gasteiger partial charge >= 0.3 is 0 Å². The van der Waals surface area contributed by atoms with E-state index in [0.717, 1.165) is 11.1 Å². The van der Waals surface area contributed by atoms with Gasteiger partial charge in [-0.15, -0.1) is 0 Å². The van der Waals surface area contributed by atoms with Crippen LogP contribution in [0.5, 0.6) is 11.5 Å². The predicted octanol–water partition coefficient (Wildman–Crippen LogP) is 4.16. The molecule has 2 rings (SSSR count). The van der Waals surface area contributed by atoms with E-state index in [1.165, 1.54) is 12.1 Å². The zero-order valence-corrected chi connectivity index (χ0v) is 15.3. The minimum Gasteiger partial charge on any atom is -0.496 e. The molecule has 4 nitrogen and oxygen atoms in total. The number of amides is 1. The smallest absolute Gasteiger partial charge is 0.258 e. The number of ether oxygens (including phenoxy) is 2. The third-order valence-electron chi connectivity index (χ3n) is 3.48. The summed E-state index contributed by atoms with van der Waals surface area (Å²) in [6.07, 6.45) is 0. The fourth-order valence-corrected chi connectivity index (χ4v) is 2.62. The molecule has 6 heteroatoms. The molecule has 128 valence electrons. The lowest BCUT2D eigenvalue weighted by molar-refractivity contribution is -0.123. The number of halogens is 2. The Balaban J connectivity index is 1.98. The van der Waals surface area contributed by atoms with E-state index in [1.807, 2.05) is 32.0 Å². The average Bonchev–Trinajstić information content (AvgIpc) is 2.54. The van der Waals surface area contributed by atoms with Gasteiger partial charge in [-0.1, -0.05) is 33.6 Å². The van der Waals surface area contributed by atoms with Crippen molar-refractivity contribution in [1.29, 1.82) is 0 Å². The predicted molar refractivity (Wildman–Crippen MR) is 93.9 cm³/mol. The SMILES string of the molecule is COc1ccc(C)cc1C(C)NC(=O)COc1ccc(Br)cc1F. The third kappa shape index (κ3) is 4.71. The molecule has 0 spiro atoms. The zero-order chi connectivity index (χ0) is 17.7. The first-order chi connectivity index (χ1) is 11.4. The van der Waals surface area contributed by atoms with E-state index >= 15 is 0 Å². The van der Waals surface area contributed by atoms with Crippen LogP contribution in [0.1, 0.15) is 24.1 Å². The summed E-state index contributed by atoms with van der Waals surface area (Å²) in [5.74, 6) is -0.124. The molecule has 1 unspecified atom stereocenters. The Bertz CT molecular complexity index is 736. The highest BCUT2D eigenvalue weighted by Crippen LogP contribution is 2.26. The van der Waals surface area contributed by atoms with E-state index in [9.17, 15) is 9.18 Å². The molecule has 1 amide bonds. The highest BCUT2D eigenvalue weighted by molar-refractivity contribution is 9.10. The number of hydrogen-bond donors (Lipinski definition) is 1. The number of aryl methyl sites for hydroxylation is 1. The third-order valence-corrected chi connectivity index (χ3v) is 3.98. The minimum atomic E-state index is -0.523. The Hall–Kier alpha value is -2.08. The lowest BCUT2D eigenvalue weighted by Crippen LogP contribution is -2.31. The maximum Gasteiger partial charge on any atom is 0.258 e. The number of carbonyl (C=O) groups excluding carboxylic acids is 1. The van der Waals surface area contributed by atoms with Gasteiger partial charge < -0.3 is 14.8 Å². The fourth-order valence-electron chi connectivity index (χ4n) is 2.29. The van der Waals surface area contributed by atoms with Crippen LogP contribution in [0.15, 0.2) is 40.9 Å². The molecule has 0 saturated heterocycles. The Kier molecular flexibility index (Phi) is 6.20. The van der Waals surface area contributed by atoms with Gasteiger partial charge in [-0.25, -0.2) is 4.39 Å². The molecule has 0 aliphatic heterocycles. The molecule has 0 radical (unpaired) electrons. The highest BCUT2D eigenvalue weighted by Gasteiger charge is 2.15. The largest absolute Gasteiger partial charge is 0.496 e. The van der Waals surface area contributed by atoms with Gasteiger partial charge in [0, 0.05) is 10.0 Å². The van der Waals surface area contributed by atoms with Crippen molar-refractivity contribution in [3.8, 4) is 11.5 Å². The maximum absolute atomic E-state index is 13.7. The van der Waals surface area contributed by atoms with E-state index in [-0.39, 0.29) is 24.3 Å². The zero-order valence-electron chi connectivity index (χ0n) is 13.7. The summed E-state index contributed by atoms with van der Waals surface area (Å²) >= 11 is 3.17. The summed E-state index contributed by atoms with van der Waals surface area (Å²) in [6, 6.07) is 9.91. The second-order valence-electron chi connectivity index (χ2n) is 5.40. The molecular weight excluding hydrogens is 377 g/mol. The van der Waals surface area contributed by atoms with Gasteiger partial charge in [-0.2, -0.15) is 0 Å². The topological polar surface area (TPSA) is 47.6 Å². The fraction of sp³-hybridized carbons (Fsp3) is 0.278.